The fourth-order valence-electron chi connectivity index (χ4n) is 2.41. The number of imide groups is 2. The minimum atomic E-state index is -0.707. The van der Waals surface area contributed by atoms with Crippen LogP contribution in [-0.2, 0) is 19.2 Å². The molecule has 11 heteroatoms. The summed E-state index contributed by atoms with van der Waals surface area (Å²) in [6.45, 7) is 10.4. The third-order valence-corrected chi connectivity index (χ3v) is 8.34. The summed E-state index contributed by atoms with van der Waals surface area (Å²) in [5.74, 6) is -2.07. The second kappa shape index (κ2) is 7.67. The minimum absolute atomic E-state index is 0.0928. The van der Waals surface area contributed by atoms with Crippen molar-refractivity contribution in [2.24, 2.45) is 0 Å². The Labute approximate surface area is 179 Å². The molecule has 4 amide bonds. The summed E-state index contributed by atoms with van der Waals surface area (Å²) in [5, 5.41) is -0.309. The van der Waals surface area contributed by atoms with E-state index in [1.807, 2.05) is 0 Å². The van der Waals surface area contributed by atoms with Gasteiger partial charge < -0.3 is 0 Å². The maximum absolute atomic E-state index is 12.5. The van der Waals surface area contributed by atoms with E-state index in [4.69, 9.17) is 23.2 Å². The molecule has 2 aliphatic heterocycles. The zero-order chi connectivity index (χ0) is 20.9. The molecule has 0 saturated carbocycles. The van der Waals surface area contributed by atoms with E-state index in [1.54, 1.807) is 41.5 Å². The highest BCUT2D eigenvalue weighted by molar-refractivity contribution is 9.11. The Hall–Kier alpha value is -0.610. The fourth-order valence-corrected chi connectivity index (χ4v) is 7.04. The molecule has 148 valence electrons. The molecule has 6 nitrogen and oxygen atoms in total. The van der Waals surface area contributed by atoms with Crippen LogP contribution in [-0.4, -0.2) is 44.5 Å². The smallest absolute Gasteiger partial charge is 0.268 e. The second-order valence-corrected chi connectivity index (χ2v) is 12.4. The first-order valence-electron chi connectivity index (χ1n) is 7.78. The number of hydrogen-bond donors (Lipinski definition) is 0. The topological polar surface area (TPSA) is 74.8 Å². The number of hydrogen-bond acceptors (Lipinski definition) is 7. The molecule has 2 heterocycles. The molecule has 0 N–H and O–H groups in total. The maximum Gasteiger partial charge on any atom is 0.274 e. The van der Waals surface area contributed by atoms with Crippen LogP contribution in [0.1, 0.15) is 41.5 Å². The van der Waals surface area contributed by atoms with Gasteiger partial charge in [0.2, 0.25) is 0 Å². The lowest BCUT2D eigenvalue weighted by Gasteiger charge is -2.30. The molecule has 0 saturated heterocycles. The molecule has 0 aromatic carbocycles. The van der Waals surface area contributed by atoms with Crippen LogP contribution in [0.5, 0.6) is 0 Å². The average molecular weight is 469 g/mol. The Morgan fingerprint density at radius 1 is 0.630 bits per heavy atom. The van der Waals surface area contributed by atoms with Gasteiger partial charge in [0, 0.05) is 11.1 Å². The first-order chi connectivity index (χ1) is 12.2. The standard InChI is InChI=1S/C16H18Cl2N2O4S3/c1-15(2,3)19-11(21)7(17)9(13(19)23)25-27-26-10-8(18)12(22)20(14(10)24)16(4,5)6/h1-6H3. The molecular weight excluding hydrogens is 451 g/mol. The van der Waals surface area contributed by atoms with Crippen LogP contribution in [0.15, 0.2) is 19.9 Å². The summed E-state index contributed by atoms with van der Waals surface area (Å²) < 4.78 is 0. The normalized spacial score (nSPS) is 19.4. The number of rotatable bonds is 4. The zero-order valence-corrected chi connectivity index (χ0v) is 19.5. The average Bonchev–Trinajstić information content (AvgIpc) is 2.84. The molecule has 2 aliphatic rings. The van der Waals surface area contributed by atoms with Crippen LogP contribution >= 0.6 is 54.6 Å². The summed E-state index contributed by atoms with van der Waals surface area (Å²) in [7, 11) is 2.97. The van der Waals surface area contributed by atoms with E-state index in [2.05, 4.69) is 0 Å². The third kappa shape index (κ3) is 4.22. The van der Waals surface area contributed by atoms with Crippen LogP contribution < -0.4 is 0 Å². The molecule has 0 spiro atoms. The van der Waals surface area contributed by atoms with Gasteiger partial charge in [-0.05, 0) is 73.0 Å². The van der Waals surface area contributed by atoms with Crippen LogP contribution in [0, 0.1) is 0 Å². The van der Waals surface area contributed by atoms with Gasteiger partial charge in [-0.25, -0.2) is 0 Å². The molecular formula is C16H18Cl2N2O4S3. The number of halogens is 2. The van der Waals surface area contributed by atoms with E-state index >= 15 is 0 Å². The highest BCUT2D eigenvalue weighted by Crippen LogP contribution is 2.51. The van der Waals surface area contributed by atoms with Gasteiger partial charge in [0.1, 0.15) is 19.9 Å². The Morgan fingerprint density at radius 2 is 0.926 bits per heavy atom. The summed E-state index contributed by atoms with van der Waals surface area (Å²) in [6, 6.07) is 0. The molecule has 0 bridgehead atoms. The van der Waals surface area contributed by atoms with Gasteiger partial charge >= 0.3 is 0 Å². The summed E-state index contributed by atoms with van der Waals surface area (Å²) in [6.07, 6.45) is 0. The Bertz CT molecular complexity index is 743. The molecule has 2 rings (SSSR count). The molecule has 0 aromatic heterocycles. The summed E-state index contributed by atoms with van der Waals surface area (Å²) in [4.78, 5) is 51.9. The summed E-state index contributed by atoms with van der Waals surface area (Å²) in [5.41, 5.74) is -1.41. The van der Waals surface area contributed by atoms with Crippen LogP contribution in [0.4, 0.5) is 0 Å². The number of carbonyl (C=O) groups is 4. The van der Waals surface area contributed by atoms with Gasteiger partial charge in [0.15, 0.2) is 0 Å². The molecule has 0 fully saturated rings. The lowest BCUT2D eigenvalue weighted by atomic mass is 10.1. The van der Waals surface area contributed by atoms with Gasteiger partial charge in [0.05, 0.1) is 0 Å². The van der Waals surface area contributed by atoms with Crippen molar-refractivity contribution >= 4 is 78.2 Å². The van der Waals surface area contributed by atoms with Gasteiger partial charge in [-0.15, -0.1) is 0 Å². The lowest BCUT2D eigenvalue weighted by molar-refractivity contribution is -0.144. The molecule has 0 unspecified atom stereocenters. The van der Waals surface area contributed by atoms with Crippen LogP contribution in [0.3, 0.4) is 0 Å². The van der Waals surface area contributed by atoms with E-state index in [-0.39, 0.29) is 19.9 Å². The van der Waals surface area contributed by atoms with Crippen LogP contribution in [0.2, 0.25) is 0 Å². The van der Waals surface area contributed by atoms with E-state index < -0.39 is 34.7 Å². The summed E-state index contributed by atoms with van der Waals surface area (Å²) >= 11 is 12.1. The molecule has 27 heavy (non-hydrogen) atoms. The third-order valence-electron chi connectivity index (χ3n) is 3.55. The second-order valence-electron chi connectivity index (χ2n) is 7.75. The first kappa shape index (κ1) is 22.7. The number of nitrogens with zero attached hydrogens (tertiary/aromatic N) is 2. The van der Waals surface area contributed by atoms with Crippen molar-refractivity contribution in [1.29, 1.82) is 0 Å². The van der Waals surface area contributed by atoms with Crippen molar-refractivity contribution in [1.82, 2.24) is 9.80 Å². The SMILES string of the molecule is CC(C)(C)N1C(=O)C(Cl)=C(SSSC2=C(Cl)C(=O)N(C(C)(C)C)C2=O)C1=O. The van der Waals surface area contributed by atoms with Crippen molar-refractivity contribution < 1.29 is 19.2 Å². The Balaban J connectivity index is 2.11. The first-order valence-corrected chi connectivity index (χ1v) is 12.0. The van der Waals surface area contributed by atoms with E-state index in [0.29, 0.717) is 0 Å². The van der Waals surface area contributed by atoms with Gasteiger partial charge in [0.25, 0.3) is 23.6 Å². The predicted molar refractivity (Wildman–Crippen MR) is 112 cm³/mol. The molecule has 0 radical (unpaired) electrons. The van der Waals surface area contributed by atoms with Gasteiger partial charge in [-0.1, -0.05) is 23.2 Å². The predicted octanol–water partition coefficient (Wildman–Crippen LogP) is 4.25. The monoisotopic (exact) mass is 468 g/mol. The van der Waals surface area contributed by atoms with Crippen molar-refractivity contribution in [3.63, 3.8) is 0 Å². The van der Waals surface area contributed by atoms with Crippen molar-refractivity contribution in [2.75, 3.05) is 0 Å². The highest BCUT2D eigenvalue weighted by atomic mass is 35.5. The minimum Gasteiger partial charge on any atom is -0.268 e. The number of carbonyl (C=O) groups excluding carboxylic acids is 4. The Morgan fingerprint density at radius 3 is 1.15 bits per heavy atom. The Kier molecular flexibility index (Phi) is 6.44. The lowest BCUT2D eigenvalue weighted by Crippen LogP contribution is -2.46. The zero-order valence-electron chi connectivity index (χ0n) is 15.5. The molecule has 0 aliphatic carbocycles. The highest BCUT2D eigenvalue weighted by Gasteiger charge is 2.45. The van der Waals surface area contributed by atoms with E-state index in [9.17, 15) is 19.2 Å². The van der Waals surface area contributed by atoms with Gasteiger partial charge in [-0.2, -0.15) is 0 Å². The van der Waals surface area contributed by atoms with Gasteiger partial charge in [-0.3, -0.25) is 29.0 Å². The van der Waals surface area contributed by atoms with Crippen molar-refractivity contribution in [2.45, 2.75) is 52.6 Å². The van der Waals surface area contributed by atoms with Crippen molar-refractivity contribution in [3.8, 4) is 0 Å². The quantitative estimate of drug-likeness (QED) is 0.450. The number of amides is 4. The molecule has 0 aromatic rings. The van der Waals surface area contributed by atoms with Crippen LogP contribution in [0.25, 0.3) is 0 Å². The maximum atomic E-state index is 12.5. The molecule has 0 atom stereocenters. The fraction of sp³-hybridized carbons (Fsp3) is 0.500. The largest absolute Gasteiger partial charge is 0.274 e. The van der Waals surface area contributed by atoms with E-state index in [0.717, 1.165) is 41.2 Å². The van der Waals surface area contributed by atoms with Crippen molar-refractivity contribution in [3.05, 3.63) is 19.9 Å². The van der Waals surface area contributed by atoms with E-state index in [1.165, 1.54) is 0 Å².